The predicted molar refractivity (Wildman–Crippen MR) is 268 cm³/mol. The van der Waals surface area contributed by atoms with Crippen molar-refractivity contribution in [2.24, 2.45) is 40.9 Å². The minimum absolute atomic E-state index is 0.0969. The van der Waals surface area contributed by atoms with Crippen molar-refractivity contribution in [2.75, 3.05) is 13.2 Å². The van der Waals surface area contributed by atoms with Crippen LogP contribution in [0.25, 0.3) is 0 Å². The zero-order chi connectivity index (χ0) is 42.4. The Labute approximate surface area is 378 Å². The number of fused-ring (bicyclic) bond motifs is 2. The summed E-state index contributed by atoms with van der Waals surface area (Å²) in [6, 6.07) is 67.0. The maximum Gasteiger partial charge on any atom is 0.288 e. The first kappa shape index (κ1) is 41.6. The molecule has 0 aromatic heterocycles. The highest BCUT2D eigenvalue weighted by atomic mass is 28.4. The van der Waals surface area contributed by atoms with Crippen molar-refractivity contribution in [1.29, 1.82) is 0 Å². The fourth-order valence-electron chi connectivity index (χ4n) is 12.6. The number of benzene rings is 6. The summed E-state index contributed by atoms with van der Waals surface area (Å²) in [4.78, 5) is 0. The van der Waals surface area contributed by atoms with Crippen LogP contribution in [0.3, 0.4) is 0 Å². The van der Waals surface area contributed by atoms with Crippen LogP contribution in [0.2, 0.25) is 0 Å². The van der Waals surface area contributed by atoms with Crippen molar-refractivity contribution < 1.29 is 8.85 Å². The minimum atomic E-state index is -3.02. The van der Waals surface area contributed by atoms with E-state index in [1.165, 1.54) is 56.8 Å². The van der Waals surface area contributed by atoms with Crippen molar-refractivity contribution >= 4 is 47.8 Å². The molecule has 0 amide bonds. The summed E-state index contributed by atoms with van der Waals surface area (Å²) >= 11 is 0. The Hall–Kier alpha value is -5.37. The molecule has 0 aliphatic heterocycles. The lowest BCUT2D eigenvalue weighted by Gasteiger charge is -2.51. The summed E-state index contributed by atoms with van der Waals surface area (Å²) in [5, 5.41) is 7.78. The van der Waals surface area contributed by atoms with Crippen LogP contribution in [-0.4, -0.2) is 29.8 Å². The minimum Gasteiger partial charge on any atom is -0.404 e. The quantitative estimate of drug-likeness (QED) is 0.0549. The Bertz CT molecular complexity index is 2260. The summed E-state index contributed by atoms with van der Waals surface area (Å²) < 4.78 is 16.0. The smallest absolute Gasteiger partial charge is 0.288 e. The van der Waals surface area contributed by atoms with Gasteiger partial charge in [0.25, 0.3) is 16.6 Å². The lowest BCUT2D eigenvalue weighted by atomic mass is 9.57. The van der Waals surface area contributed by atoms with Crippen LogP contribution in [0.15, 0.2) is 231 Å². The van der Waals surface area contributed by atoms with E-state index in [4.69, 9.17) is 8.85 Å². The van der Waals surface area contributed by atoms with Crippen LogP contribution in [0.5, 0.6) is 0 Å². The molecule has 316 valence electrons. The molecule has 4 heteroatoms. The van der Waals surface area contributed by atoms with Gasteiger partial charge in [-0.05, 0) is 111 Å². The molecule has 6 atom stereocenters. The van der Waals surface area contributed by atoms with Crippen molar-refractivity contribution in [3.05, 3.63) is 231 Å². The van der Waals surface area contributed by atoms with Gasteiger partial charge in [-0.25, -0.2) is 0 Å². The average Bonchev–Trinajstić information content (AvgIpc) is 4.02. The van der Waals surface area contributed by atoms with Crippen molar-refractivity contribution in [3.8, 4) is 0 Å². The van der Waals surface area contributed by atoms with Crippen LogP contribution in [0, 0.1) is 40.9 Å². The Morgan fingerprint density at radius 2 is 0.698 bits per heavy atom. The first-order valence-corrected chi connectivity index (χ1v) is 27.4. The molecule has 4 aliphatic carbocycles. The van der Waals surface area contributed by atoms with E-state index in [1.807, 2.05) is 0 Å². The van der Waals surface area contributed by atoms with Crippen molar-refractivity contribution in [1.82, 2.24) is 0 Å². The summed E-state index contributed by atoms with van der Waals surface area (Å²) in [6.07, 6.45) is 26.4. The number of hydrogen-bond donors (Lipinski definition) is 0. The molecule has 0 saturated heterocycles. The highest BCUT2D eigenvalue weighted by molar-refractivity contribution is 7.07. The highest BCUT2D eigenvalue weighted by Gasteiger charge is 2.57. The molecule has 0 N–H and O–H groups in total. The maximum atomic E-state index is 8.27. The van der Waals surface area contributed by atoms with Crippen LogP contribution in [0.4, 0.5) is 0 Å². The van der Waals surface area contributed by atoms with E-state index >= 15 is 0 Å². The molecule has 2 fully saturated rings. The molecule has 63 heavy (non-hydrogen) atoms. The molecule has 0 heterocycles. The van der Waals surface area contributed by atoms with E-state index in [2.05, 4.69) is 231 Å². The summed E-state index contributed by atoms with van der Waals surface area (Å²) in [5.74, 6) is 3.11. The van der Waals surface area contributed by atoms with Gasteiger partial charge < -0.3 is 8.85 Å². The Morgan fingerprint density at radius 1 is 0.381 bits per heavy atom. The van der Waals surface area contributed by atoms with Gasteiger partial charge in [0, 0.05) is 13.2 Å². The van der Waals surface area contributed by atoms with Gasteiger partial charge in [0.1, 0.15) is 0 Å². The molecule has 0 bridgehead atoms. The standard InChI is InChI=1S/C59H60O2Si2/c1-7-26-49(27-8-1)62(50-28-9-2-10-29-50,51-30-11-3-12-31-51)60-45-23-44-59(57-42-40-47-24-19-21-38-55(47)57,58-43-41-48-25-20-22-39-56(48)58)46-61-63(52-32-13-4-14-33-52,53-34-15-5-16-35-53)54-36-17-6-18-37-54/h1-22,24-39,47-48,55-58H,23,40-46H2. The van der Waals surface area contributed by atoms with Gasteiger partial charge in [-0.3, -0.25) is 0 Å². The predicted octanol–water partition coefficient (Wildman–Crippen LogP) is 9.66. The van der Waals surface area contributed by atoms with E-state index < -0.39 is 16.6 Å². The maximum absolute atomic E-state index is 8.27. The zero-order valence-corrected chi connectivity index (χ0v) is 38.4. The van der Waals surface area contributed by atoms with Crippen molar-refractivity contribution in [2.45, 2.75) is 38.5 Å². The van der Waals surface area contributed by atoms with Gasteiger partial charge in [0.15, 0.2) is 0 Å². The molecule has 4 aliphatic rings. The van der Waals surface area contributed by atoms with Gasteiger partial charge in [0.2, 0.25) is 0 Å². The van der Waals surface area contributed by atoms with Gasteiger partial charge >= 0.3 is 0 Å². The summed E-state index contributed by atoms with van der Waals surface area (Å²) in [7, 11) is -5.91. The second-order valence-corrected chi connectivity index (χ2v) is 25.2. The van der Waals surface area contributed by atoms with E-state index in [1.54, 1.807) is 0 Å². The number of hydrogen-bond acceptors (Lipinski definition) is 2. The van der Waals surface area contributed by atoms with Gasteiger partial charge in [0.05, 0.1) is 0 Å². The largest absolute Gasteiger partial charge is 0.404 e. The molecule has 0 spiro atoms. The molecule has 2 nitrogen and oxygen atoms in total. The van der Waals surface area contributed by atoms with Crippen molar-refractivity contribution in [3.63, 3.8) is 0 Å². The summed E-state index contributed by atoms with van der Waals surface area (Å²) in [6.45, 7) is 1.39. The fourth-order valence-corrected chi connectivity index (χ4v) is 20.5. The average molecular weight is 857 g/mol. The number of allylic oxidation sites excluding steroid dienone is 8. The van der Waals surface area contributed by atoms with E-state index in [0.717, 1.165) is 12.8 Å². The SMILES string of the molecule is C1=CC2CCC(C(CCCO[Si](c3ccccc3)(c3ccccc3)c3ccccc3)(CO[Si](c3ccccc3)(c3ccccc3)c3ccccc3)C3CCC4C=CC=CC43)C2C=C1. The Balaban J connectivity index is 1.10. The van der Waals surface area contributed by atoms with E-state index in [9.17, 15) is 0 Å². The fraction of sp³-hybridized carbons (Fsp3) is 0.254. The van der Waals surface area contributed by atoms with Gasteiger partial charge in [-0.1, -0.05) is 231 Å². The normalized spacial score (nSPS) is 23.6. The van der Waals surface area contributed by atoms with Gasteiger partial charge in [-0.2, -0.15) is 0 Å². The van der Waals surface area contributed by atoms with Crippen LogP contribution >= 0.6 is 0 Å². The summed E-state index contributed by atoms with van der Waals surface area (Å²) in [5.41, 5.74) is -0.0969. The lowest BCUT2D eigenvalue weighted by molar-refractivity contribution is -0.0243. The lowest BCUT2D eigenvalue weighted by Crippen LogP contribution is -2.70. The molecule has 6 aromatic rings. The molecule has 6 unspecified atom stereocenters. The van der Waals surface area contributed by atoms with Crippen LogP contribution in [-0.2, 0) is 8.85 Å². The molecule has 0 radical (unpaired) electrons. The molecule has 2 saturated carbocycles. The first-order valence-electron chi connectivity index (χ1n) is 23.5. The Kier molecular flexibility index (Phi) is 12.4. The number of rotatable bonds is 16. The van der Waals surface area contributed by atoms with E-state index in [-0.39, 0.29) is 5.41 Å². The van der Waals surface area contributed by atoms with Crippen LogP contribution in [0.1, 0.15) is 38.5 Å². The molecule has 10 rings (SSSR count). The molecular formula is C59H60O2Si2. The van der Waals surface area contributed by atoms with Gasteiger partial charge in [-0.15, -0.1) is 0 Å². The Morgan fingerprint density at radius 3 is 1.05 bits per heavy atom. The monoisotopic (exact) mass is 856 g/mol. The highest BCUT2D eigenvalue weighted by Crippen LogP contribution is 2.60. The van der Waals surface area contributed by atoms with Crippen LogP contribution < -0.4 is 31.1 Å². The third-order valence-electron chi connectivity index (χ3n) is 15.4. The zero-order valence-electron chi connectivity index (χ0n) is 36.4. The first-order chi connectivity index (χ1) is 31.2. The van der Waals surface area contributed by atoms with E-state index in [0.29, 0.717) is 48.7 Å². The molecule has 6 aromatic carbocycles. The third kappa shape index (κ3) is 7.86. The topological polar surface area (TPSA) is 18.5 Å². The second kappa shape index (κ2) is 18.8. The molecular weight excluding hydrogens is 797 g/mol. The third-order valence-corrected chi connectivity index (χ3v) is 23.5. The second-order valence-electron chi connectivity index (χ2n) is 18.4.